The molecular formula is C16H12N4. The van der Waals surface area contributed by atoms with Crippen LogP contribution in [0.1, 0.15) is 48.9 Å². The van der Waals surface area contributed by atoms with Gasteiger partial charge in [0.1, 0.15) is 24.3 Å². The summed E-state index contributed by atoms with van der Waals surface area (Å²) in [5.74, 6) is 0. The Labute approximate surface area is 117 Å². The molecule has 0 aliphatic rings. The summed E-state index contributed by atoms with van der Waals surface area (Å²) in [6.45, 7) is 7.50. The smallest absolute Gasteiger partial charge is 0.101 e. The molecule has 0 aliphatic heterocycles. The SMILES string of the molecule is C=c1c(C#N)c(C#N)c(=C(CC)CC)c(C#N)c1C#N. The van der Waals surface area contributed by atoms with Gasteiger partial charge in [-0.2, -0.15) is 21.0 Å². The molecule has 0 radical (unpaired) electrons. The van der Waals surface area contributed by atoms with Crippen molar-refractivity contribution in [2.24, 2.45) is 0 Å². The fourth-order valence-corrected chi connectivity index (χ4v) is 2.23. The van der Waals surface area contributed by atoms with Crippen LogP contribution in [0.3, 0.4) is 0 Å². The van der Waals surface area contributed by atoms with Crippen molar-refractivity contribution in [3.63, 3.8) is 0 Å². The van der Waals surface area contributed by atoms with Crippen LogP contribution in [0.5, 0.6) is 0 Å². The standard InChI is InChI=1S/C16H12N4/c1-4-11(5-2)16-14(8-19)12(6-17)10(3)13(7-18)15(16)9-20/h3-5H2,1-2H3. The molecule has 4 heteroatoms. The van der Waals surface area contributed by atoms with Gasteiger partial charge < -0.3 is 0 Å². The summed E-state index contributed by atoms with van der Waals surface area (Å²) < 4.78 is 0. The first-order valence-corrected chi connectivity index (χ1v) is 6.12. The van der Waals surface area contributed by atoms with Gasteiger partial charge in [0.2, 0.25) is 0 Å². The lowest BCUT2D eigenvalue weighted by atomic mass is 9.91. The predicted octanol–water partition coefficient (Wildman–Crippen LogP) is 1.55. The van der Waals surface area contributed by atoms with Gasteiger partial charge in [0.05, 0.1) is 22.3 Å². The van der Waals surface area contributed by atoms with Gasteiger partial charge in [-0.1, -0.05) is 26.0 Å². The van der Waals surface area contributed by atoms with E-state index >= 15 is 0 Å². The Balaban J connectivity index is 4.38. The van der Waals surface area contributed by atoms with E-state index in [9.17, 15) is 21.0 Å². The van der Waals surface area contributed by atoms with E-state index in [0.717, 1.165) is 5.57 Å². The largest absolute Gasteiger partial charge is 0.192 e. The fraction of sp³-hybridized carbons (Fsp3) is 0.250. The number of rotatable bonds is 2. The highest BCUT2D eigenvalue weighted by molar-refractivity contribution is 5.65. The van der Waals surface area contributed by atoms with Crippen LogP contribution in [-0.2, 0) is 0 Å². The van der Waals surface area contributed by atoms with Gasteiger partial charge in [-0.05, 0) is 12.8 Å². The van der Waals surface area contributed by atoms with Crippen LogP contribution in [0, 0.1) is 45.3 Å². The number of hydrogen-bond donors (Lipinski definition) is 0. The van der Waals surface area contributed by atoms with Crippen LogP contribution < -0.4 is 10.4 Å². The van der Waals surface area contributed by atoms with E-state index in [0.29, 0.717) is 18.1 Å². The molecule has 0 N–H and O–H groups in total. The highest BCUT2D eigenvalue weighted by Crippen LogP contribution is 2.11. The Morgan fingerprint density at radius 3 is 1.40 bits per heavy atom. The van der Waals surface area contributed by atoms with Crippen LogP contribution in [-0.4, -0.2) is 0 Å². The number of benzene rings is 1. The molecule has 20 heavy (non-hydrogen) atoms. The molecule has 0 atom stereocenters. The van der Waals surface area contributed by atoms with E-state index in [1.807, 2.05) is 38.1 Å². The van der Waals surface area contributed by atoms with E-state index < -0.39 is 0 Å². The summed E-state index contributed by atoms with van der Waals surface area (Å²) in [4.78, 5) is 0. The van der Waals surface area contributed by atoms with Crippen molar-refractivity contribution in [3.05, 3.63) is 32.7 Å². The van der Waals surface area contributed by atoms with E-state index in [2.05, 4.69) is 6.58 Å². The molecule has 0 spiro atoms. The summed E-state index contributed by atoms with van der Waals surface area (Å²) in [5, 5.41) is 37.7. The number of nitriles is 4. The molecule has 1 rings (SSSR count). The minimum atomic E-state index is 0.0810. The fourth-order valence-electron chi connectivity index (χ4n) is 2.23. The third kappa shape index (κ3) is 2.12. The van der Waals surface area contributed by atoms with Gasteiger partial charge >= 0.3 is 0 Å². The Morgan fingerprint density at radius 1 is 0.800 bits per heavy atom. The maximum atomic E-state index is 9.34. The van der Waals surface area contributed by atoms with Crippen LogP contribution in [0.4, 0.5) is 0 Å². The highest BCUT2D eigenvalue weighted by atomic mass is 14.3. The van der Waals surface area contributed by atoms with E-state index in [1.54, 1.807) is 0 Å². The highest BCUT2D eigenvalue weighted by Gasteiger charge is 2.17. The van der Waals surface area contributed by atoms with Gasteiger partial charge in [-0.3, -0.25) is 0 Å². The lowest BCUT2D eigenvalue weighted by molar-refractivity contribution is 1.08. The number of nitrogens with zero attached hydrogens (tertiary/aromatic N) is 4. The monoisotopic (exact) mass is 260 g/mol. The molecule has 0 aromatic heterocycles. The van der Waals surface area contributed by atoms with Gasteiger partial charge in [0, 0.05) is 10.4 Å². The van der Waals surface area contributed by atoms with Crippen molar-refractivity contribution >= 4 is 12.2 Å². The summed E-state index contributed by atoms with van der Waals surface area (Å²) in [5.41, 5.74) is 1.33. The molecule has 0 saturated carbocycles. The maximum absolute atomic E-state index is 9.34. The lowest BCUT2D eigenvalue weighted by Crippen LogP contribution is -2.27. The lowest BCUT2D eigenvalue weighted by Gasteiger charge is -2.08. The van der Waals surface area contributed by atoms with Crippen LogP contribution >= 0.6 is 0 Å². The van der Waals surface area contributed by atoms with E-state index in [4.69, 9.17) is 0 Å². The minimum absolute atomic E-state index is 0.0810. The van der Waals surface area contributed by atoms with E-state index in [1.165, 1.54) is 0 Å². The molecule has 1 aromatic carbocycles. The molecule has 96 valence electrons. The summed E-state index contributed by atoms with van der Waals surface area (Å²) in [7, 11) is 0. The second-order valence-corrected chi connectivity index (χ2v) is 4.11. The van der Waals surface area contributed by atoms with Crippen molar-refractivity contribution in [2.45, 2.75) is 26.7 Å². The molecule has 4 nitrogen and oxygen atoms in total. The van der Waals surface area contributed by atoms with Crippen molar-refractivity contribution in [2.75, 3.05) is 0 Å². The summed E-state index contributed by atoms with van der Waals surface area (Å²) in [6, 6.07) is 7.83. The topological polar surface area (TPSA) is 95.2 Å². The molecule has 0 heterocycles. The van der Waals surface area contributed by atoms with Gasteiger partial charge in [0.15, 0.2) is 0 Å². The zero-order valence-electron chi connectivity index (χ0n) is 11.4. The normalized spacial score (nSPS) is 8.90. The third-order valence-corrected chi connectivity index (χ3v) is 3.26. The molecule has 0 unspecified atom stereocenters. The van der Waals surface area contributed by atoms with E-state index in [-0.39, 0.29) is 27.5 Å². The molecular weight excluding hydrogens is 248 g/mol. The predicted molar refractivity (Wildman–Crippen MR) is 74.1 cm³/mol. The molecule has 0 fully saturated rings. The Kier molecular flexibility index (Phi) is 4.64. The summed E-state index contributed by atoms with van der Waals surface area (Å²) in [6.07, 6.45) is 1.29. The first-order chi connectivity index (χ1) is 9.60. The zero-order chi connectivity index (χ0) is 15.3. The van der Waals surface area contributed by atoms with Gasteiger partial charge in [-0.15, -0.1) is 0 Å². The maximum Gasteiger partial charge on any atom is 0.101 e. The van der Waals surface area contributed by atoms with Gasteiger partial charge in [-0.25, -0.2) is 0 Å². The second kappa shape index (κ2) is 6.19. The second-order valence-electron chi connectivity index (χ2n) is 4.11. The summed E-state index contributed by atoms with van der Waals surface area (Å²) >= 11 is 0. The minimum Gasteiger partial charge on any atom is -0.192 e. The average Bonchev–Trinajstić information content (AvgIpc) is 2.48. The zero-order valence-corrected chi connectivity index (χ0v) is 11.4. The Hall–Kier alpha value is -3.08. The third-order valence-electron chi connectivity index (χ3n) is 3.26. The van der Waals surface area contributed by atoms with Crippen LogP contribution in [0.15, 0.2) is 0 Å². The van der Waals surface area contributed by atoms with Crippen LogP contribution in [0.2, 0.25) is 0 Å². The van der Waals surface area contributed by atoms with Crippen molar-refractivity contribution in [3.8, 4) is 24.3 Å². The Bertz CT molecular complexity index is 768. The van der Waals surface area contributed by atoms with Crippen molar-refractivity contribution in [1.29, 1.82) is 21.0 Å². The number of hydrogen-bond acceptors (Lipinski definition) is 4. The molecule has 0 bridgehead atoms. The van der Waals surface area contributed by atoms with Crippen molar-refractivity contribution < 1.29 is 0 Å². The molecule has 1 aromatic rings. The molecule has 0 saturated heterocycles. The first-order valence-electron chi connectivity index (χ1n) is 6.12. The Morgan fingerprint density at radius 2 is 1.15 bits per heavy atom. The first kappa shape index (κ1) is 15.0. The molecule has 0 amide bonds. The van der Waals surface area contributed by atoms with Gasteiger partial charge in [0.25, 0.3) is 0 Å². The molecule has 0 aliphatic carbocycles. The quantitative estimate of drug-likeness (QED) is 0.806. The average molecular weight is 260 g/mol. The van der Waals surface area contributed by atoms with Crippen molar-refractivity contribution in [1.82, 2.24) is 0 Å². The van der Waals surface area contributed by atoms with Crippen LogP contribution in [0.25, 0.3) is 12.2 Å².